The molecule has 1 aromatic rings. The maximum atomic E-state index is 11.2. The van der Waals surface area contributed by atoms with Crippen molar-refractivity contribution in [2.24, 2.45) is 0 Å². The van der Waals surface area contributed by atoms with Gasteiger partial charge >= 0.3 is 0 Å². The second-order valence-electron chi connectivity index (χ2n) is 9.52. The van der Waals surface area contributed by atoms with Gasteiger partial charge in [0.1, 0.15) is 12.4 Å². The number of unbranched alkanes of at least 4 members (excludes halogenated alkanes) is 9. The standard InChI is InChI=1S/C30H54O8/c1-2-3-4-5-6-7-8-9-10-14-17-30(32,38-29-15-12-11-13-16-29)28-37-27-26-36-25-24-35-23-22-34-21-20-33-19-18-31/h11-13,15-16,31-32H,2-10,14,17-28H2,1H3. The van der Waals surface area contributed by atoms with Crippen LogP contribution in [0.25, 0.3) is 0 Å². The van der Waals surface area contributed by atoms with E-state index in [1.807, 2.05) is 30.3 Å². The Morgan fingerprint density at radius 2 is 1.03 bits per heavy atom. The SMILES string of the molecule is CCCCCCCCCCCCC(O)(COCCOCCOCCOCCOCCO)Oc1ccccc1. The largest absolute Gasteiger partial charge is 0.460 e. The summed E-state index contributed by atoms with van der Waals surface area (Å²) >= 11 is 0. The van der Waals surface area contributed by atoms with Crippen LogP contribution in [0.3, 0.4) is 0 Å². The highest BCUT2D eigenvalue weighted by atomic mass is 16.7. The summed E-state index contributed by atoms with van der Waals surface area (Å²) in [6.07, 6.45) is 13.0. The molecule has 0 saturated carbocycles. The summed E-state index contributed by atoms with van der Waals surface area (Å²) < 4.78 is 33.1. The lowest BCUT2D eigenvalue weighted by molar-refractivity contribution is -0.185. The van der Waals surface area contributed by atoms with Crippen LogP contribution in [0, 0.1) is 0 Å². The Labute approximate surface area is 230 Å². The molecule has 8 heteroatoms. The van der Waals surface area contributed by atoms with Crippen LogP contribution >= 0.6 is 0 Å². The van der Waals surface area contributed by atoms with Gasteiger partial charge in [-0.05, 0) is 18.6 Å². The minimum Gasteiger partial charge on any atom is -0.460 e. The van der Waals surface area contributed by atoms with Gasteiger partial charge in [0.25, 0.3) is 0 Å². The Morgan fingerprint density at radius 1 is 0.579 bits per heavy atom. The van der Waals surface area contributed by atoms with Crippen molar-refractivity contribution in [2.75, 3.05) is 72.7 Å². The first-order valence-corrected chi connectivity index (χ1v) is 14.7. The van der Waals surface area contributed by atoms with Crippen molar-refractivity contribution in [3.05, 3.63) is 30.3 Å². The zero-order valence-corrected chi connectivity index (χ0v) is 23.8. The molecule has 0 aromatic heterocycles. The topological polar surface area (TPSA) is 95.8 Å². The van der Waals surface area contributed by atoms with E-state index in [-0.39, 0.29) is 13.2 Å². The fourth-order valence-electron chi connectivity index (χ4n) is 3.93. The van der Waals surface area contributed by atoms with Crippen LogP contribution in [0.4, 0.5) is 0 Å². The number of aliphatic hydroxyl groups excluding tert-OH is 1. The number of rotatable bonds is 29. The van der Waals surface area contributed by atoms with Gasteiger partial charge in [0.05, 0.1) is 66.1 Å². The maximum Gasteiger partial charge on any atom is 0.231 e. The minimum absolute atomic E-state index is 0.0237. The zero-order valence-electron chi connectivity index (χ0n) is 23.8. The summed E-state index contributed by atoms with van der Waals surface area (Å²) in [6.45, 7) is 6.36. The second-order valence-corrected chi connectivity index (χ2v) is 9.52. The summed E-state index contributed by atoms with van der Waals surface area (Å²) in [5.74, 6) is -0.714. The number of benzene rings is 1. The molecule has 0 spiro atoms. The van der Waals surface area contributed by atoms with Crippen molar-refractivity contribution in [2.45, 2.75) is 83.3 Å². The average molecular weight is 543 g/mol. The minimum atomic E-state index is -1.35. The van der Waals surface area contributed by atoms with Gasteiger partial charge in [-0.1, -0.05) is 82.9 Å². The molecular formula is C30H54O8. The predicted molar refractivity (Wildman–Crippen MR) is 150 cm³/mol. The fourth-order valence-corrected chi connectivity index (χ4v) is 3.93. The first-order valence-electron chi connectivity index (χ1n) is 14.7. The van der Waals surface area contributed by atoms with Crippen LogP contribution in [-0.4, -0.2) is 88.7 Å². The highest BCUT2D eigenvalue weighted by Crippen LogP contribution is 2.23. The molecule has 0 amide bonds. The van der Waals surface area contributed by atoms with E-state index < -0.39 is 5.79 Å². The third kappa shape index (κ3) is 21.6. The Bertz CT molecular complexity index is 603. The zero-order chi connectivity index (χ0) is 27.4. The van der Waals surface area contributed by atoms with Crippen LogP contribution in [0.2, 0.25) is 0 Å². The van der Waals surface area contributed by atoms with Gasteiger partial charge in [-0.3, -0.25) is 0 Å². The molecule has 2 N–H and O–H groups in total. The van der Waals surface area contributed by atoms with Gasteiger partial charge in [-0.25, -0.2) is 0 Å². The molecule has 0 bridgehead atoms. The van der Waals surface area contributed by atoms with Crippen molar-refractivity contribution in [3.8, 4) is 5.75 Å². The number of hydrogen-bond acceptors (Lipinski definition) is 8. The quantitative estimate of drug-likeness (QED) is 0.106. The molecule has 1 unspecified atom stereocenters. The Hall–Kier alpha value is -1.26. The number of hydrogen-bond donors (Lipinski definition) is 2. The van der Waals surface area contributed by atoms with Crippen LogP contribution in [0.5, 0.6) is 5.75 Å². The normalized spacial score (nSPS) is 13.0. The molecule has 0 fully saturated rings. The lowest BCUT2D eigenvalue weighted by atomic mass is 10.0. The van der Waals surface area contributed by atoms with Gasteiger partial charge in [0.15, 0.2) is 0 Å². The van der Waals surface area contributed by atoms with E-state index in [0.717, 1.165) is 12.8 Å². The lowest BCUT2D eigenvalue weighted by Gasteiger charge is -2.29. The van der Waals surface area contributed by atoms with Gasteiger partial charge in [-0.15, -0.1) is 0 Å². The summed E-state index contributed by atoms with van der Waals surface area (Å²) in [6, 6.07) is 9.42. The number of para-hydroxylation sites is 1. The molecule has 0 aliphatic rings. The third-order valence-corrected chi connectivity index (χ3v) is 6.02. The summed E-state index contributed by atoms with van der Waals surface area (Å²) in [7, 11) is 0. The molecule has 8 nitrogen and oxygen atoms in total. The third-order valence-electron chi connectivity index (χ3n) is 6.02. The van der Waals surface area contributed by atoms with Crippen LogP contribution in [0.1, 0.15) is 77.6 Å². The van der Waals surface area contributed by atoms with Crippen LogP contribution in [0.15, 0.2) is 30.3 Å². The van der Waals surface area contributed by atoms with E-state index in [0.29, 0.717) is 71.6 Å². The Balaban J connectivity index is 2.12. The highest BCUT2D eigenvalue weighted by Gasteiger charge is 2.29. The average Bonchev–Trinajstić information content (AvgIpc) is 2.92. The van der Waals surface area contributed by atoms with E-state index in [9.17, 15) is 5.11 Å². The van der Waals surface area contributed by atoms with Crippen molar-refractivity contribution in [1.29, 1.82) is 0 Å². The van der Waals surface area contributed by atoms with Gasteiger partial charge < -0.3 is 38.6 Å². The summed E-state index contributed by atoms with van der Waals surface area (Å²) in [5.41, 5.74) is 0. The summed E-state index contributed by atoms with van der Waals surface area (Å²) in [4.78, 5) is 0. The van der Waals surface area contributed by atoms with Crippen molar-refractivity contribution in [3.63, 3.8) is 0 Å². The van der Waals surface area contributed by atoms with E-state index in [1.54, 1.807) is 0 Å². The Kier molecular flexibility index (Phi) is 23.8. The molecule has 222 valence electrons. The molecule has 1 rings (SSSR count). The van der Waals surface area contributed by atoms with E-state index in [1.165, 1.54) is 51.4 Å². The smallest absolute Gasteiger partial charge is 0.231 e. The molecule has 0 saturated heterocycles. The summed E-state index contributed by atoms with van der Waals surface area (Å²) in [5, 5.41) is 19.8. The van der Waals surface area contributed by atoms with Crippen LogP contribution < -0.4 is 4.74 Å². The number of ether oxygens (including phenoxy) is 6. The first kappa shape index (κ1) is 34.8. The molecule has 0 radical (unpaired) electrons. The monoisotopic (exact) mass is 542 g/mol. The predicted octanol–water partition coefficient (Wildman–Crippen LogP) is 5.14. The fraction of sp³-hybridized carbons (Fsp3) is 0.800. The second kappa shape index (κ2) is 26.0. The van der Waals surface area contributed by atoms with E-state index in [4.69, 9.17) is 33.5 Å². The van der Waals surface area contributed by atoms with E-state index in [2.05, 4.69) is 6.92 Å². The molecular weight excluding hydrogens is 488 g/mol. The molecule has 0 aliphatic carbocycles. The van der Waals surface area contributed by atoms with Crippen molar-refractivity contribution in [1.82, 2.24) is 0 Å². The maximum absolute atomic E-state index is 11.2. The van der Waals surface area contributed by atoms with Gasteiger partial charge in [0, 0.05) is 6.42 Å². The van der Waals surface area contributed by atoms with Crippen LogP contribution in [-0.2, 0) is 23.7 Å². The Morgan fingerprint density at radius 3 is 1.53 bits per heavy atom. The number of aliphatic hydroxyl groups is 2. The van der Waals surface area contributed by atoms with Gasteiger partial charge in [0.2, 0.25) is 5.79 Å². The van der Waals surface area contributed by atoms with E-state index >= 15 is 0 Å². The molecule has 1 atom stereocenters. The molecule has 38 heavy (non-hydrogen) atoms. The first-order chi connectivity index (χ1) is 18.7. The molecule has 1 aromatic carbocycles. The lowest BCUT2D eigenvalue weighted by Crippen LogP contribution is -2.41. The van der Waals surface area contributed by atoms with Crippen molar-refractivity contribution >= 4 is 0 Å². The molecule has 0 aliphatic heterocycles. The van der Waals surface area contributed by atoms with Gasteiger partial charge in [-0.2, -0.15) is 0 Å². The molecule has 0 heterocycles. The van der Waals surface area contributed by atoms with Crippen molar-refractivity contribution < 1.29 is 38.6 Å². The highest BCUT2D eigenvalue weighted by molar-refractivity contribution is 5.21.